The summed E-state index contributed by atoms with van der Waals surface area (Å²) in [5.74, 6) is 5.09. The fourth-order valence-electron chi connectivity index (χ4n) is 0.752. The van der Waals surface area contributed by atoms with Gasteiger partial charge >= 0.3 is 0 Å². The fraction of sp³-hybridized carbons (Fsp3) is 1.00. The van der Waals surface area contributed by atoms with Gasteiger partial charge in [-0.25, -0.2) is 0 Å². The van der Waals surface area contributed by atoms with E-state index in [9.17, 15) is 0 Å². The molecule has 0 amide bonds. The lowest BCUT2D eigenvalue weighted by molar-refractivity contribution is 0.143. The monoisotopic (exact) mass is 146 g/mol. The molecule has 0 aliphatic heterocycles. The van der Waals surface area contributed by atoms with Gasteiger partial charge in [-0.3, -0.25) is 11.3 Å². The van der Waals surface area contributed by atoms with E-state index in [2.05, 4.69) is 5.43 Å². The Hall–Kier alpha value is -0.120. The zero-order chi connectivity index (χ0) is 7.66. The second-order valence-corrected chi connectivity index (χ2v) is 2.21. The highest BCUT2D eigenvalue weighted by Crippen LogP contribution is 1.93. The molecule has 0 radical (unpaired) electrons. The lowest BCUT2D eigenvalue weighted by Gasteiger charge is -2.00. The fourth-order valence-corrected chi connectivity index (χ4v) is 0.752. The average Bonchev–Trinajstić information content (AvgIpc) is 1.97. The van der Waals surface area contributed by atoms with Gasteiger partial charge in [-0.15, -0.1) is 0 Å². The molecule has 0 saturated heterocycles. The SMILES string of the molecule is CCOCCCCCNN. The minimum Gasteiger partial charge on any atom is -0.382 e. The number of ether oxygens (including phenoxy) is 1. The number of nitrogens with two attached hydrogens (primary N) is 1. The van der Waals surface area contributed by atoms with Gasteiger partial charge in [0, 0.05) is 19.8 Å². The molecular formula is C7H18N2O. The van der Waals surface area contributed by atoms with Crippen LogP contribution >= 0.6 is 0 Å². The third kappa shape index (κ3) is 7.88. The van der Waals surface area contributed by atoms with Crippen molar-refractivity contribution in [2.45, 2.75) is 26.2 Å². The molecule has 0 aromatic rings. The lowest BCUT2D eigenvalue weighted by Crippen LogP contribution is -2.22. The highest BCUT2D eigenvalue weighted by atomic mass is 16.5. The van der Waals surface area contributed by atoms with Crippen LogP contribution in [0.2, 0.25) is 0 Å². The first-order valence-corrected chi connectivity index (χ1v) is 3.93. The summed E-state index contributed by atoms with van der Waals surface area (Å²) in [4.78, 5) is 0. The molecule has 3 nitrogen and oxygen atoms in total. The lowest BCUT2D eigenvalue weighted by atomic mass is 10.2. The number of hydrogen-bond acceptors (Lipinski definition) is 3. The Bertz CT molecular complexity index is 51.6. The molecule has 0 rings (SSSR count). The maximum atomic E-state index is 5.16. The molecule has 62 valence electrons. The molecule has 3 heteroatoms. The first kappa shape index (κ1) is 9.88. The molecule has 0 aromatic carbocycles. The molecule has 0 spiro atoms. The Morgan fingerprint density at radius 2 is 2.10 bits per heavy atom. The molecule has 0 heterocycles. The van der Waals surface area contributed by atoms with Crippen molar-refractivity contribution in [2.75, 3.05) is 19.8 Å². The summed E-state index contributed by atoms with van der Waals surface area (Å²) in [5.41, 5.74) is 2.62. The van der Waals surface area contributed by atoms with E-state index in [1.54, 1.807) is 0 Å². The van der Waals surface area contributed by atoms with Crippen LogP contribution in [-0.2, 0) is 4.74 Å². The molecular weight excluding hydrogens is 128 g/mol. The molecule has 0 atom stereocenters. The third-order valence-corrected chi connectivity index (χ3v) is 1.31. The molecule has 0 aliphatic carbocycles. The summed E-state index contributed by atoms with van der Waals surface area (Å²) in [7, 11) is 0. The van der Waals surface area contributed by atoms with Crippen LogP contribution in [0.4, 0.5) is 0 Å². The summed E-state index contributed by atoms with van der Waals surface area (Å²) < 4.78 is 5.16. The molecule has 3 N–H and O–H groups in total. The van der Waals surface area contributed by atoms with Gasteiger partial charge in [0.25, 0.3) is 0 Å². The van der Waals surface area contributed by atoms with Crippen molar-refractivity contribution in [1.82, 2.24) is 5.43 Å². The summed E-state index contributed by atoms with van der Waals surface area (Å²) >= 11 is 0. The molecule has 0 bridgehead atoms. The number of nitrogens with one attached hydrogen (secondary N) is 1. The zero-order valence-electron chi connectivity index (χ0n) is 6.73. The maximum absolute atomic E-state index is 5.16. The smallest absolute Gasteiger partial charge is 0.0465 e. The van der Waals surface area contributed by atoms with E-state index >= 15 is 0 Å². The standard InChI is InChI=1S/C7H18N2O/c1-2-10-7-5-3-4-6-9-8/h9H,2-8H2,1H3. The van der Waals surface area contributed by atoms with Crippen molar-refractivity contribution in [3.05, 3.63) is 0 Å². The predicted molar refractivity (Wildman–Crippen MR) is 42.5 cm³/mol. The number of unbranched alkanes of at least 4 members (excludes halogenated alkanes) is 2. The first-order valence-electron chi connectivity index (χ1n) is 3.93. The van der Waals surface area contributed by atoms with Gasteiger partial charge in [0.1, 0.15) is 0 Å². The van der Waals surface area contributed by atoms with E-state index in [4.69, 9.17) is 10.6 Å². The predicted octanol–water partition coefficient (Wildman–Crippen LogP) is 0.657. The second-order valence-electron chi connectivity index (χ2n) is 2.21. The highest BCUT2D eigenvalue weighted by Gasteiger charge is 1.86. The Labute approximate surface area is 62.9 Å². The summed E-state index contributed by atoms with van der Waals surface area (Å²) in [6.07, 6.45) is 3.49. The quantitative estimate of drug-likeness (QED) is 0.315. The van der Waals surface area contributed by atoms with Crippen molar-refractivity contribution in [3.8, 4) is 0 Å². The van der Waals surface area contributed by atoms with Gasteiger partial charge in [-0.05, 0) is 26.2 Å². The van der Waals surface area contributed by atoms with E-state index in [0.717, 1.165) is 32.6 Å². The van der Waals surface area contributed by atoms with Crippen molar-refractivity contribution in [3.63, 3.8) is 0 Å². The van der Waals surface area contributed by atoms with Gasteiger partial charge in [0.05, 0.1) is 0 Å². The number of rotatable bonds is 7. The number of hydrazine groups is 1. The van der Waals surface area contributed by atoms with Gasteiger partial charge in [0.15, 0.2) is 0 Å². The Morgan fingerprint density at radius 1 is 1.30 bits per heavy atom. The average molecular weight is 146 g/mol. The Balaban J connectivity index is 2.65. The number of hydrogen-bond donors (Lipinski definition) is 2. The van der Waals surface area contributed by atoms with Crippen molar-refractivity contribution >= 4 is 0 Å². The van der Waals surface area contributed by atoms with Crippen LogP contribution in [-0.4, -0.2) is 19.8 Å². The van der Waals surface area contributed by atoms with Crippen LogP contribution in [0.5, 0.6) is 0 Å². The molecule has 0 aliphatic rings. The second kappa shape index (κ2) is 8.88. The van der Waals surface area contributed by atoms with E-state index in [1.165, 1.54) is 6.42 Å². The van der Waals surface area contributed by atoms with Crippen LogP contribution in [0.3, 0.4) is 0 Å². The molecule has 0 unspecified atom stereocenters. The van der Waals surface area contributed by atoms with Crippen LogP contribution < -0.4 is 11.3 Å². The van der Waals surface area contributed by atoms with Crippen LogP contribution in [0.25, 0.3) is 0 Å². The van der Waals surface area contributed by atoms with Gasteiger partial charge in [0.2, 0.25) is 0 Å². The third-order valence-electron chi connectivity index (χ3n) is 1.31. The minimum atomic E-state index is 0.829. The molecule has 0 aromatic heterocycles. The van der Waals surface area contributed by atoms with E-state index in [1.807, 2.05) is 6.92 Å². The van der Waals surface area contributed by atoms with Crippen LogP contribution in [0.1, 0.15) is 26.2 Å². The van der Waals surface area contributed by atoms with Gasteiger partial charge < -0.3 is 4.74 Å². The minimum absolute atomic E-state index is 0.829. The molecule has 0 fully saturated rings. The van der Waals surface area contributed by atoms with E-state index in [0.29, 0.717) is 0 Å². The van der Waals surface area contributed by atoms with Crippen LogP contribution in [0.15, 0.2) is 0 Å². The highest BCUT2D eigenvalue weighted by molar-refractivity contribution is 4.42. The summed E-state index contributed by atoms with van der Waals surface area (Å²) in [6, 6.07) is 0. The normalized spacial score (nSPS) is 10.2. The van der Waals surface area contributed by atoms with Crippen LogP contribution in [0, 0.1) is 0 Å². The summed E-state index contributed by atoms with van der Waals surface area (Å²) in [6.45, 7) is 4.64. The summed E-state index contributed by atoms with van der Waals surface area (Å²) in [5, 5.41) is 0. The maximum Gasteiger partial charge on any atom is 0.0465 e. The Morgan fingerprint density at radius 3 is 2.70 bits per heavy atom. The Kier molecular flexibility index (Phi) is 8.77. The van der Waals surface area contributed by atoms with Gasteiger partial charge in [-0.1, -0.05) is 0 Å². The zero-order valence-corrected chi connectivity index (χ0v) is 6.73. The van der Waals surface area contributed by atoms with Crippen molar-refractivity contribution in [2.24, 2.45) is 5.84 Å². The van der Waals surface area contributed by atoms with Gasteiger partial charge in [-0.2, -0.15) is 0 Å². The largest absolute Gasteiger partial charge is 0.382 e. The first-order chi connectivity index (χ1) is 4.91. The van der Waals surface area contributed by atoms with Crippen molar-refractivity contribution in [1.29, 1.82) is 0 Å². The molecule has 0 saturated carbocycles. The van der Waals surface area contributed by atoms with E-state index < -0.39 is 0 Å². The van der Waals surface area contributed by atoms with E-state index in [-0.39, 0.29) is 0 Å². The van der Waals surface area contributed by atoms with Crippen molar-refractivity contribution < 1.29 is 4.74 Å². The molecule has 10 heavy (non-hydrogen) atoms. The topological polar surface area (TPSA) is 47.3 Å².